The lowest BCUT2D eigenvalue weighted by Crippen LogP contribution is -2.44. The van der Waals surface area contributed by atoms with Crippen LogP contribution in [0.1, 0.15) is 24.2 Å². The zero-order valence-electron chi connectivity index (χ0n) is 12.9. The number of nitrogens with zero attached hydrogens (tertiary/aromatic N) is 1. The quantitative estimate of drug-likeness (QED) is 0.473. The number of esters is 1. The van der Waals surface area contributed by atoms with Gasteiger partial charge in [0.05, 0.1) is 25.7 Å². The molecule has 0 atom stereocenters. The van der Waals surface area contributed by atoms with Gasteiger partial charge < -0.3 is 4.74 Å². The van der Waals surface area contributed by atoms with Crippen LogP contribution in [0.4, 0.5) is 5.69 Å². The van der Waals surface area contributed by atoms with Gasteiger partial charge in [-0.1, -0.05) is 24.3 Å². The average molecular weight is 284 g/mol. The van der Waals surface area contributed by atoms with E-state index < -0.39 is 0 Å². The zero-order valence-corrected chi connectivity index (χ0v) is 12.9. The summed E-state index contributed by atoms with van der Waals surface area (Å²) in [7, 11) is 2.17. The Morgan fingerprint density at radius 1 is 1.00 bits per heavy atom. The number of carbonyl (C=O) groups is 1. The number of ether oxygens (including phenoxy) is 1. The van der Waals surface area contributed by atoms with Crippen LogP contribution in [-0.2, 0) is 0 Å². The highest BCUT2D eigenvalue weighted by Gasteiger charge is 2.22. The molecule has 0 heterocycles. The molecule has 0 radical (unpaired) electrons. The maximum absolute atomic E-state index is 12.2. The van der Waals surface area contributed by atoms with Crippen LogP contribution in [-0.4, -0.2) is 26.1 Å². The second-order valence-corrected chi connectivity index (χ2v) is 5.28. The Morgan fingerprint density at radius 2 is 1.67 bits per heavy atom. The fraction of sp³-hybridized carbons (Fsp3) is 0.278. The molecule has 2 aromatic rings. The lowest BCUT2D eigenvalue weighted by atomic mass is 10.1. The van der Waals surface area contributed by atoms with Crippen molar-refractivity contribution >= 4 is 11.7 Å². The summed E-state index contributed by atoms with van der Waals surface area (Å²) in [5.41, 5.74) is 1.71. The number of hydrogen-bond donors (Lipinski definition) is 0. The molecule has 0 unspecified atom stereocenters. The van der Waals surface area contributed by atoms with Crippen LogP contribution >= 0.6 is 0 Å². The molecule has 0 spiro atoms. The van der Waals surface area contributed by atoms with Crippen molar-refractivity contribution in [3.05, 3.63) is 60.2 Å². The summed E-state index contributed by atoms with van der Waals surface area (Å²) in [5.74, 6) is 0.248. The first-order valence-electron chi connectivity index (χ1n) is 7.31. The molecule has 0 saturated carbocycles. The van der Waals surface area contributed by atoms with E-state index >= 15 is 0 Å². The van der Waals surface area contributed by atoms with E-state index in [1.54, 1.807) is 18.2 Å². The minimum absolute atomic E-state index is 0.318. The van der Waals surface area contributed by atoms with Gasteiger partial charge in [0.25, 0.3) is 0 Å². The summed E-state index contributed by atoms with van der Waals surface area (Å²) in [6, 6.07) is 16.8. The molecule has 3 heteroatoms. The summed E-state index contributed by atoms with van der Waals surface area (Å²) in [4.78, 5) is 12.2. The summed E-state index contributed by atoms with van der Waals surface area (Å²) in [6.45, 7) is 6.26. The highest BCUT2D eigenvalue weighted by atomic mass is 16.5. The molecule has 0 aliphatic rings. The number of carbonyl (C=O) groups excluding carboxylic acids is 1. The molecule has 3 nitrogen and oxygen atoms in total. The molecule has 0 aliphatic heterocycles. The number of quaternary nitrogens is 1. The Hall–Kier alpha value is -2.13. The van der Waals surface area contributed by atoms with Gasteiger partial charge in [0, 0.05) is 6.07 Å². The van der Waals surface area contributed by atoms with Crippen LogP contribution in [0.3, 0.4) is 0 Å². The van der Waals surface area contributed by atoms with Crippen molar-refractivity contribution in [3.63, 3.8) is 0 Å². The molecule has 0 aromatic heterocycles. The van der Waals surface area contributed by atoms with Crippen molar-refractivity contribution < 1.29 is 9.53 Å². The Morgan fingerprint density at radius 3 is 2.29 bits per heavy atom. The lowest BCUT2D eigenvalue weighted by Gasteiger charge is -2.31. The van der Waals surface area contributed by atoms with Crippen LogP contribution in [0.25, 0.3) is 0 Å². The third kappa shape index (κ3) is 3.50. The minimum atomic E-state index is -0.318. The maximum atomic E-state index is 12.2. The highest BCUT2D eigenvalue weighted by molar-refractivity contribution is 5.92. The monoisotopic (exact) mass is 284 g/mol. The number of benzene rings is 2. The largest absolute Gasteiger partial charge is 0.423 e. The standard InChI is InChI=1S/C18H22NO2/c1-4-19(3,5-2)16-11-9-10-15(14-16)18(20)21-17-12-7-6-8-13-17/h6-14H,4-5H2,1-3H3/q+1. The summed E-state index contributed by atoms with van der Waals surface area (Å²) >= 11 is 0. The van der Waals surface area contributed by atoms with Gasteiger partial charge in [-0.15, -0.1) is 0 Å². The van der Waals surface area contributed by atoms with E-state index in [-0.39, 0.29) is 5.97 Å². The Labute approximate surface area is 126 Å². The maximum Gasteiger partial charge on any atom is 0.343 e. The number of para-hydroxylation sites is 1. The molecule has 2 aromatic carbocycles. The van der Waals surface area contributed by atoms with E-state index in [9.17, 15) is 4.79 Å². The van der Waals surface area contributed by atoms with E-state index in [0.717, 1.165) is 23.3 Å². The second kappa shape index (κ2) is 6.55. The van der Waals surface area contributed by atoms with Crippen LogP contribution in [0.2, 0.25) is 0 Å². The Balaban J connectivity index is 2.23. The Bertz CT molecular complexity index is 604. The van der Waals surface area contributed by atoms with Gasteiger partial charge >= 0.3 is 5.97 Å². The molecule has 21 heavy (non-hydrogen) atoms. The Kier molecular flexibility index (Phi) is 4.76. The first kappa shape index (κ1) is 15.3. The summed E-state index contributed by atoms with van der Waals surface area (Å²) in [6.07, 6.45) is 0. The van der Waals surface area contributed by atoms with Gasteiger partial charge in [-0.2, -0.15) is 0 Å². The van der Waals surface area contributed by atoms with Gasteiger partial charge in [-0.3, -0.25) is 4.48 Å². The zero-order chi connectivity index (χ0) is 15.3. The van der Waals surface area contributed by atoms with Gasteiger partial charge in [0.15, 0.2) is 0 Å². The first-order valence-corrected chi connectivity index (χ1v) is 7.31. The number of hydrogen-bond acceptors (Lipinski definition) is 2. The summed E-state index contributed by atoms with van der Waals surface area (Å²) in [5, 5.41) is 0. The molecule has 110 valence electrons. The SMILES string of the molecule is CC[N+](C)(CC)c1cccc(C(=O)Oc2ccccc2)c1. The van der Waals surface area contributed by atoms with Gasteiger partial charge in [-0.05, 0) is 38.1 Å². The van der Waals surface area contributed by atoms with Crippen LogP contribution in [0, 0.1) is 0 Å². The first-order chi connectivity index (χ1) is 10.1. The fourth-order valence-corrected chi connectivity index (χ4v) is 2.21. The van der Waals surface area contributed by atoms with Crippen molar-refractivity contribution in [3.8, 4) is 5.75 Å². The van der Waals surface area contributed by atoms with Gasteiger partial charge in [0.2, 0.25) is 0 Å². The van der Waals surface area contributed by atoms with E-state index in [1.165, 1.54) is 0 Å². The topological polar surface area (TPSA) is 26.3 Å². The fourth-order valence-electron chi connectivity index (χ4n) is 2.21. The molecular weight excluding hydrogens is 262 g/mol. The van der Waals surface area contributed by atoms with Crippen molar-refractivity contribution in [2.75, 3.05) is 20.1 Å². The van der Waals surface area contributed by atoms with Crippen molar-refractivity contribution in [2.45, 2.75) is 13.8 Å². The molecule has 0 bridgehead atoms. The van der Waals surface area contributed by atoms with E-state index in [0.29, 0.717) is 11.3 Å². The average Bonchev–Trinajstić information content (AvgIpc) is 2.55. The normalized spacial score (nSPS) is 11.2. The molecule has 0 fully saturated rings. The minimum Gasteiger partial charge on any atom is -0.423 e. The summed E-state index contributed by atoms with van der Waals surface area (Å²) < 4.78 is 6.19. The lowest BCUT2D eigenvalue weighted by molar-refractivity contribution is 0.0734. The van der Waals surface area contributed by atoms with Gasteiger partial charge in [0.1, 0.15) is 11.4 Å². The van der Waals surface area contributed by atoms with Crippen LogP contribution < -0.4 is 9.22 Å². The highest BCUT2D eigenvalue weighted by Crippen LogP contribution is 2.22. The third-order valence-electron chi connectivity index (χ3n) is 4.05. The van der Waals surface area contributed by atoms with E-state index in [4.69, 9.17) is 4.74 Å². The molecule has 0 amide bonds. The van der Waals surface area contributed by atoms with Crippen molar-refractivity contribution in [1.82, 2.24) is 4.48 Å². The van der Waals surface area contributed by atoms with E-state index in [1.807, 2.05) is 30.3 Å². The molecule has 2 rings (SSSR count). The molecule has 0 aliphatic carbocycles. The van der Waals surface area contributed by atoms with Crippen molar-refractivity contribution in [1.29, 1.82) is 0 Å². The third-order valence-corrected chi connectivity index (χ3v) is 4.05. The molecule has 0 N–H and O–H groups in total. The number of rotatable bonds is 5. The van der Waals surface area contributed by atoms with Crippen LogP contribution in [0.5, 0.6) is 5.75 Å². The smallest absolute Gasteiger partial charge is 0.343 e. The van der Waals surface area contributed by atoms with Gasteiger partial charge in [-0.25, -0.2) is 4.79 Å². The predicted molar refractivity (Wildman–Crippen MR) is 86.6 cm³/mol. The van der Waals surface area contributed by atoms with Crippen molar-refractivity contribution in [2.24, 2.45) is 0 Å². The molecular formula is C18H22NO2+. The van der Waals surface area contributed by atoms with E-state index in [2.05, 4.69) is 27.0 Å². The molecule has 0 saturated heterocycles. The van der Waals surface area contributed by atoms with Crippen LogP contribution in [0.15, 0.2) is 54.6 Å². The second-order valence-electron chi connectivity index (χ2n) is 5.28. The predicted octanol–water partition coefficient (Wildman–Crippen LogP) is 3.88.